The van der Waals surface area contributed by atoms with E-state index in [-0.39, 0.29) is 17.9 Å². The normalized spacial score (nSPS) is 12.3. The van der Waals surface area contributed by atoms with E-state index in [1.54, 1.807) is 18.3 Å². The van der Waals surface area contributed by atoms with Crippen LogP contribution in [0.2, 0.25) is 0 Å². The van der Waals surface area contributed by atoms with Crippen LogP contribution in [0.4, 0.5) is 0 Å². The fourth-order valence-electron chi connectivity index (χ4n) is 3.71. The van der Waals surface area contributed by atoms with Crippen molar-refractivity contribution in [3.8, 4) is 0 Å². The summed E-state index contributed by atoms with van der Waals surface area (Å²) in [5.41, 5.74) is 5.61. The molecule has 2 aromatic rings. The molecular weight excluding hydrogens is 412 g/mol. The second-order valence-corrected chi connectivity index (χ2v) is 8.41. The van der Waals surface area contributed by atoms with Crippen LogP contribution in [0.3, 0.4) is 0 Å². The van der Waals surface area contributed by atoms with Crippen LogP contribution in [-0.4, -0.2) is 48.6 Å². The van der Waals surface area contributed by atoms with Gasteiger partial charge in [-0.05, 0) is 61.5 Å². The molecule has 0 fully saturated rings. The molecule has 0 saturated heterocycles. The lowest BCUT2D eigenvalue weighted by Gasteiger charge is -2.28. The van der Waals surface area contributed by atoms with E-state index < -0.39 is 0 Å². The molecule has 6 nitrogen and oxygen atoms in total. The van der Waals surface area contributed by atoms with Crippen molar-refractivity contribution in [1.29, 1.82) is 0 Å². The van der Waals surface area contributed by atoms with Crippen LogP contribution >= 0.6 is 0 Å². The Bertz CT molecular complexity index is 875. The molecule has 178 valence electrons. The van der Waals surface area contributed by atoms with Gasteiger partial charge in [-0.3, -0.25) is 14.5 Å². The van der Waals surface area contributed by atoms with Crippen molar-refractivity contribution < 1.29 is 9.59 Å². The lowest BCUT2D eigenvalue weighted by Crippen LogP contribution is -2.45. The highest BCUT2D eigenvalue weighted by Crippen LogP contribution is 2.14. The Labute approximate surface area is 198 Å². The fraction of sp³-hybridized carbons (Fsp3) is 0.444. The van der Waals surface area contributed by atoms with Crippen LogP contribution in [0.25, 0.3) is 0 Å². The number of hydrogen-bond acceptors (Lipinski definition) is 4. The zero-order chi connectivity index (χ0) is 24.1. The highest BCUT2D eigenvalue weighted by atomic mass is 16.2. The van der Waals surface area contributed by atoms with Crippen LogP contribution in [0.5, 0.6) is 0 Å². The second kappa shape index (κ2) is 14.2. The first kappa shape index (κ1) is 26.3. The average molecular weight is 451 g/mol. The van der Waals surface area contributed by atoms with E-state index in [0.29, 0.717) is 24.4 Å². The first-order chi connectivity index (χ1) is 16.0. The van der Waals surface area contributed by atoms with Crippen molar-refractivity contribution in [3.05, 3.63) is 71.3 Å². The van der Waals surface area contributed by atoms with Crippen molar-refractivity contribution in [2.75, 3.05) is 19.6 Å². The summed E-state index contributed by atoms with van der Waals surface area (Å²) in [4.78, 5) is 27.1. The smallest absolute Gasteiger partial charge is 0.257 e. The Morgan fingerprint density at radius 3 is 2.24 bits per heavy atom. The Kier molecular flexibility index (Phi) is 11.3. The number of rotatable bonds is 13. The van der Waals surface area contributed by atoms with E-state index in [4.69, 9.17) is 0 Å². The third kappa shape index (κ3) is 8.81. The van der Waals surface area contributed by atoms with Gasteiger partial charge in [-0.25, -0.2) is 5.43 Å². The third-order valence-electron chi connectivity index (χ3n) is 5.77. The van der Waals surface area contributed by atoms with E-state index >= 15 is 0 Å². The Hall–Kier alpha value is -2.99. The molecule has 0 aliphatic carbocycles. The number of unbranched alkanes of at least 4 members (excludes halogenated alkanes) is 1. The molecule has 2 amide bonds. The van der Waals surface area contributed by atoms with E-state index in [0.717, 1.165) is 31.5 Å². The van der Waals surface area contributed by atoms with Gasteiger partial charge in [-0.1, -0.05) is 70.2 Å². The van der Waals surface area contributed by atoms with Gasteiger partial charge in [0.2, 0.25) is 0 Å². The molecule has 2 N–H and O–H groups in total. The summed E-state index contributed by atoms with van der Waals surface area (Å²) in [5.74, 6) is 0.323. The minimum Gasteiger partial charge on any atom is -0.352 e. The molecule has 0 aliphatic heterocycles. The maximum absolute atomic E-state index is 12.9. The number of nitrogens with one attached hydrogen (secondary N) is 2. The van der Waals surface area contributed by atoms with Gasteiger partial charge in [0.05, 0.1) is 12.3 Å². The topological polar surface area (TPSA) is 73.8 Å². The summed E-state index contributed by atoms with van der Waals surface area (Å²) in [5, 5.41) is 7.13. The molecule has 0 aromatic heterocycles. The summed E-state index contributed by atoms with van der Waals surface area (Å²) in [6.07, 6.45) is 4.05. The molecule has 6 heteroatoms. The maximum atomic E-state index is 12.9. The van der Waals surface area contributed by atoms with E-state index in [1.807, 2.05) is 30.3 Å². The number of hydrogen-bond donors (Lipinski definition) is 2. The first-order valence-corrected chi connectivity index (χ1v) is 12.0. The van der Waals surface area contributed by atoms with Gasteiger partial charge in [-0.15, -0.1) is 0 Å². The average Bonchev–Trinajstić information content (AvgIpc) is 2.84. The van der Waals surface area contributed by atoms with Gasteiger partial charge in [0, 0.05) is 12.1 Å². The van der Waals surface area contributed by atoms with Gasteiger partial charge >= 0.3 is 0 Å². The number of likely N-dealkylation sites (N-methyl/N-ethyl adjacent to an activating group) is 1. The van der Waals surface area contributed by atoms with Crippen molar-refractivity contribution in [2.45, 2.75) is 58.9 Å². The molecule has 0 saturated carbocycles. The highest BCUT2D eigenvalue weighted by molar-refractivity contribution is 5.94. The number of benzene rings is 2. The predicted octanol–water partition coefficient (Wildman–Crippen LogP) is 4.57. The van der Waals surface area contributed by atoms with Crippen LogP contribution in [-0.2, 0) is 4.79 Å². The van der Waals surface area contributed by atoms with E-state index in [9.17, 15) is 9.59 Å². The molecule has 0 spiro atoms. The van der Waals surface area contributed by atoms with E-state index in [2.05, 4.69) is 60.6 Å². The van der Waals surface area contributed by atoms with Gasteiger partial charge in [-0.2, -0.15) is 5.10 Å². The summed E-state index contributed by atoms with van der Waals surface area (Å²) >= 11 is 0. The molecular formula is C27H38N4O2. The third-order valence-corrected chi connectivity index (χ3v) is 5.77. The van der Waals surface area contributed by atoms with Gasteiger partial charge < -0.3 is 5.32 Å². The minimum absolute atomic E-state index is 0.0654. The molecule has 33 heavy (non-hydrogen) atoms. The monoisotopic (exact) mass is 450 g/mol. The molecule has 0 heterocycles. The maximum Gasteiger partial charge on any atom is 0.257 e. The summed E-state index contributed by atoms with van der Waals surface area (Å²) in [7, 11) is 0. The van der Waals surface area contributed by atoms with Crippen molar-refractivity contribution in [1.82, 2.24) is 15.6 Å². The molecule has 0 aliphatic rings. The zero-order valence-corrected chi connectivity index (χ0v) is 20.4. The molecule has 2 rings (SSSR count). The van der Waals surface area contributed by atoms with Crippen molar-refractivity contribution >= 4 is 18.0 Å². The first-order valence-electron chi connectivity index (χ1n) is 12.0. The lowest BCUT2D eigenvalue weighted by molar-refractivity contribution is -0.126. The summed E-state index contributed by atoms with van der Waals surface area (Å²) < 4.78 is 0. The fourth-order valence-corrected chi connectivity index (χ4v) is 3.71. The van der Waals surface area contributed by atoms with Crippen LogP contribution in [0, 0.1) is 0 Å². The number of carbonyl (C=O) groups excluding carboxylic acids is 2. The Morgan fingerprint density at radius 2 is 1.64 bits per heavy atom. The van der Waals surface area contributed by atoms with Gasteiger partial charge in [0.15, 0.2) is 0 Å². The molecule has 2 aromatic carbocycles. The largest absolute Gasteiger partial charge is 0.352 e. The SMILES string of the molecule is CCN(CC)[C@H](CCCCNC(=O)c1ccccc1)C(=O)N/N=C/c1ccc(C(C)C)cc1. The van der Waals surface area contributed by atoms with Crippen LogP contribution < -0.4 is 10.7 Å². The second-order valence-electron chi connectivity index (χ2n) is 8.41. The highest BCUT2D eigenvalue weighted by Gasteiger charge is 2.23. The Balaban J connectivity index is 1.83. The van der Waals surface area contributed by atoms with Gasteiger partial charge in [0.1, 0.15) is 0 Å². The van der Waals surface area contributed by atoms with Crippen LogP contribution in [0.15, 0.2) is 59.7 Å². The van der Waals surface area contributed by atoms with Gasteiger partial charge in [0.25, 0.3) is 11.8 Å². The Morgan fingerprint density at radius 1 is 0.970 bits per heavy atom. The number of hydrazone groups is 1. The standard InChI is InChI=1S/C27H38N4O2/c1-5-31(6-2)25(14-10-11-19-28-26(32)24-12-8-7-9-13-24)27(33)30-29-20-22-15-17-23(18-16-22)21(3)4/h7-9,12-13,15-18,20-21,25H,5-6,10-11,14,19H2,1-4H3,(H,28,32)(H,30,33)/b29-20+/t25-/m1/s1. The molecule has 0 radical (unpaired) electrons. The van der Waals surface area contributed by atoms with Crippen LogP contribution in [0.1, 0.15) is 74.4 Å². The molecule has 0 unspecified atom stereocenters. The lowest BCUT2D eigenvalue weighted by atomic mass is 10.0. The number of amides is 2. The zero-order valence-electron chi connectivity index (χ0n) is 20.4. The summed E-state index contributed by atoms with van der Waals surface area (Å²) in [6, 6.07) is 17.1. The number of carbonyl (C=O) groups is 2. The number of nitrogens with zero attached hydrogens (tertiary/aromatic N) is 2. The van der Waals surface area contributed by atoms with E-state index in [1.165, 1.54) is 5.56 Å². The predicted molar refractivity (Wildman–Crippen MR) is 136 cm³/mol. The molecule has 0 bridgehead atoms. The summed E-state index contributed by atoms with van der Waals surface area (Å²) in [6.45, 7) is 10.6. The molecule has 1 atom stereocenters. The quantitative estimate of drug-likeness (QED) is 0.267. The minimum atomic E-state index is -0.245. The van der Waals surface area contributed by atoms with Crippen molar-refractivity contribution in [2.24, 2.45) is 5.10 Å². The van der Waals surface area contributed by atoms with Crippen molar-refractivity contribution in [3.63, 3.8) is 0 Å².